The highest BCUT2D eigenvalue weighted by molar-refractivity contribution is 5.85. The van der Waals surface area contributed by atoms with E-state index in [1.807, 2.05) is 12.4 Å². The van der Waals surface area contributed by atoms with Gasteiger partial charge in [-0.2, -0.15) is 0 Å². The molecule has 2 heterocycles. The molecular weight excluding hydrogens is 150 g/mol. The Morgan fingerprint density at radius 3 is 3.00 bits per heavy atom. The number of fused-ring (bicyclic) bond motifs is 1. The van der Waals surface area contributed by atoms with E-state index in [0.717, 1.165) is 10.9 Å². The zero-order valence-corrected chi connectivity index (χ0v) is 5.93. The zero-order valence-electron chi connectivity index (χ0n) is 5.11. The molecule has 0 aliphatic heterocycles. The molecule has 0 atom stereocenters. The summed E-state index contributed by atoms with van der Waals surface area (Å²) in [6, 6.07) is 0. The van der Waals surface area contributed by atoms with E-state index in [-0.39, 0.29) is 12.4 Å². The fraction of sp³-hybridized carbons (Fsp3) is 0. The standard InChI is InChI=1S/C6H5N3.ClH/c1-5-2-8-4-9-6(5)3-7-1;/h1-4,7H;1H. The Hall–Kier alpha value is -1.09. The Morgan fingerprint density at radius 1 is 1.30 bits per heavy atom. The molecule has 1 N–H and O–H groups in total. The molecule has 0 radical (unpaired) electrons. The van der Waals surface area contributed by atoms with Crippen LogP contribution in [0.1, 0.15) is 0 Å². The molecular formula is C6H6ClN3. The minimum absolute atomic E-state index is 0. The third-order valence-corrected chi connectivity index (χ3v) is 1.23. The Labute approximate surface area is 63.9 Å². The van der Waals surface area contributed by atoms with Gasteiger partial charge in [0.15, 0.2) is 0 Å². The van der Waals surface area contributed by atoms with Crippen LogP contribution in [0.2, 0.25) is 0 Å². The summed E-state index contributed by atoms with van der Waals surface area (Å²) in [6.07, 6.45) is 7.03. The summed E-state index contributed by atoms with van der Waals surface area (Å²) in [5.41, 5.74) is 0.963. The van der Waals surface area contributed by atoms with Crippen molar-refractivity contribution in [2.75, 3.05) is 0 Å². The largest absolute Gasteiger partial charge is 0.365 e. The minimum atomic E-state index is 0. The van der Waals surface area contributed by atoms with Crippen molar-refractivity contribution >= 4 is 23.3 Å². The number of rotatable bonds is 0. The predicted molar refractivity (Wildman–Crippen MR) is 41.1 cm³/mol. The number of aromatic nitrogens is 3. The van der Waals surface area contributed by atoms with Crippen molar-refractivity contribution in [3.05, 3.63) is 24.9 Å². The number of halogens is 1. The molecule has 0 spiro atoms. The highest BCUT2D eigenvalue weighted by atomic mass is 35.5. The summed E-state index contributed by atoms with van der Waals surface area (Å²) in [4.78, 5) is 10.8. The van der Waals surface area contributed by atoms with Gasteiger partial charge in [0, 0.05) is 24.0 Å². The topological polar surface area (TPSA) is 41.6 Å². The van der Waals surface area contributed by atoms with E-state index in [2.05, 4.69) is 15.0 Å². The Morgan fingerprint density at radius 2 is 2.20 bits per heavy atom. The van der Waals surface area contributed by atoms with Gasteiger partial charge in [-0.3, -0.25) is 0 Å². The molecule has 3 nitrogen and oxygen atoms in total. The van der Waals surface area contributed by atoms with Gasteiger partial charge in [-0.25, -0.2) is 9.97 Å². The van der Waals surface area contributed by atoms with Crippen LogP contribution in [0.5, 0.6) is 0 Å². The van der Waals surface area contributed by atoms with Crippen molar-refractivity contribution < 1.29 is 0 Å². The number of hydrogen-bond donors (Lipinski definition) is 1. The maximum Gasteiger partial charge on any atom is 0.116 e. The zero-order chi connectivity index (χ0) is 6.10. The Kier molecular flexibility index (Phi) is 1.87. The second-order valence-electron chi connectivity index (χ2n) is 1.82. The Balaban J connectivity index is 0.000000500. The lowest BCUT2D eigenvalue weighted by atomic mass is 10.4. The van der Waals surface area contributed by atoms with Gasteiger partial charge in [-0.05, 0) is 0 Å². The van der Waals surface area contributed by atoms with Crippen molar-refractivity contribution in [3.8, 4) is 0 Å². The smallest absolute Gasteiger partial charge is 0.116 e. The van der Waals surface area contributed by atoms with Crippen molar-refractivity contribution in [2.45, 2.75) is 0 Å². The second-order valence-corrected chi connectivity index (χ2v) is 1.82. The summed E-state index contributed by atoms with van der Waals surface area (Å²) in [6.45, 7) is 0. The third kappa shape index (κ3) is 0.953. The molecule has 4 heteroatoms. The van der Waals surface area contributed by atoms with E-state index in [0.29, 0.717) is 0 Å². The molecule has 0 bridgehead atoms. The Bertz CT molecular complexity index is 287. The third-order valence-electron chi connectivity index (χ3n) is 1.23. The van der Waals surface area contributed by atoms with Crippen LogP contribution >= 0.6 is 12.4 Å². The first kappa shape index (κ1) is 7.02. The predicted octanol–water partition coefficient (Wildman–Crippen LogP) is 1.38. The van der Waals surface area contributed by atoms with Gasteiger partial charge < -0.3 is 4.98 Å². The maximum atomic E-state index is 4.00. The first-order chi connectivity index (χ1) is 4.47. The van der Waals surface area contributed by atoms with Gasteiger partial charge in [0.1, 0.15) is 6.33 Å². The summed E-state index contributed by atoms with van der Waals surface area (Å²) in [5, 5.41) is 1.05. The van der Waals surface area contributed by atoms with Crippen LogP contribution in [0.4, 0.5) is 0 Å². The lowest BCUT2D eigenvalue weighted by Crippen LogP contribution is -1.72. The van der Waals surface area contributed by atoms with Crippen LogP contribution in [0, 0.1) is 0 Å². The lowest BCUT2D eigenvalue weighted by molar-refractivity contribution is 1.23. The quantitative estimate of drug-likeness (QED) is 0.625. The van der Waals surface area contributed by atoms with Crippen LogP contribution in [-0.2, 0) is 0 Å². The van der Waals surface area contributed by atoms with Crippen LogP contribution < -0.4 is 0 Å². The summed E-state index contributed by atoms with van der Waals surface area (Å²) in [5.74, 6) is 0. The number of hydrogen-bond acceptors (Lipinski definition) is 2. The first-order valence-corrected chi connectivity index (χ1v) is 2.69. The van der Waals surface area contributed by atoms with Crippen LogP contribution in [-0.4, -0.2) is 15.0 Å². The van der Waals surface area contributed by atoms with E-state index in [1.165, 1.54) is 6.33 Å². The fourth-order valence-electron chi connectivity index (χ4n) is 0.792. The number of nitrogens with zero attached hydrogens (tertiary/aromatic N) is 2. The van der Waals surface area contributed by atoms with Crippen molar-refractivity contribution in [2.24, 2.45) is 0 Å². The SMILES string of the molecule is Cl.c1ncc2c[nH]cc2n1. The van der Waals surface area contributed by atoms with Crippen LogP contribution in [0.3, 0.4) is 0 Å². The number of nitrogens with one attached hydrogen (secondary N) is 1. The van der Waals surface area contributed by atoms with Crippen molar-refractivity contribution in [1.82, 2.24) is 15.0 Å². The van der Waals surface area contributed by atoms with Gasteiger partial charge in [-0.15, -0.1) is 12.4 Å². The molecule has 0 aliphatic rings. The molecule has 0 aromatic carbocycles. The van der Waals surface area contributed by atoms with Crippen molar-refractivity contribution in [3.63, 3.8) is 0 Å². The highest BCUT2D eigenvalue weighted by Gasteiger charge is 1.89. The minimum Gasteiger partial charge on any atom is -0.365 e. The summed E-state index contributed by atoms with van der Waals surface area (Å²) < 4.78 is 0. The van der Waals surface area contributed by atoms with E-state index in [9.17, 15) is 0 Å². The number of H-pyrrole nitrogens is 1. The van der Waals surface area contributed by atoms with E-state index in [4.69, 9.17) is 0 Å². The number of aromatic amines is 1. The van der Waals surface area contributed by atoms with Gasteiger partial charge in [0.2, 0.25) is 0 Å². The van der Waals surface area contributed by atoms with Gasteiger partial charge in [-0.1, -0.05) is 0 Å². The lowest BCUT2D eigenvalue weighted by Gasteiger charge is -1.80. The fourth-order valence-corrected chi connectivity index (χ4v) is 0.792. The maximum absolute atomic E-state index is 4.00. The molecule has 0 aliphatic carbocycles. The summed E-state index contributed by atoms with van der Waals surface area (Å²) in [7, 11) is 0. The van der Waals surface area contributed by atoms with E-state index >= 15 is 0 Å². The van der Waals surface area contributed by atoms with Crippen molar-refractivity contribution in [1.29, 1.82) is 0 Å². The normalized spacial score (nSPS) is 9.20. The summed E-state index contributed by atoms with van der Waals surface area (Å²) >= 11 is 0. The molecule has 0 saturated heterocycles. The molecule has 2 aromatic rings. The van der Waals surface area contributed by atoms with Gasteiger partial charge >= 0.3 is 0 Å². The molecule has 0 unspecified atom stereocenters. The average Bonchev–Trinajstić information content (AvgIpc) is 2.33. The van der Waals surface area contributed by atoms with E-state index < -0.39 is 0 Å². The molecule has 2 rings (SSSR count). The molecule has 0 amide bonds. The monoisotopic (exact) mass is 155 g/mol. The molecule has 0 saturated carbocycles. The molecule has 0 fully saturated rings. The highest BCUT2D eigenvalue weighted by Crippen LogP contribution is 2.04. The second kappa shape index (κ2) is 2.66. The first-order valence-electron chi connectivity index (χ1n) is 2.69. The average molecular weight is 156 g/mol. The molecule has 10 heavy (non-hydrogen) atoms. The van der Waals surface area contributed by atoms with E-state index in [1.54, 1.807) is 6.20 Å². The molecule has 2 aromatic heterocycles. The van der Waals surface area contributed by atoms with Gasteiger partial charge in [0.05, 0.1) is 5.52 Å². The van der Waals surface area contributed by atoms with Crippen LogP contribution in [0.25, 0.3) is 10.9 Å². The van der Waals surface area contributed by atoms with Gasteiger partial charge in [0.25, 0.3) is 0 Å². The molecule has 52 valence electrons. The van der Waals surface area contributed by atoms with Crippen LogP contribution in [0.15, 0.2) is 24.9 Å².